The number of carbonyl (C=O) groups excluding carboxylic acids is 1. The molecule has 4 rings (SSSR count). The fourth-order valence-electron chi connectivity index (χ4n) is 2.90. The quantitative estimate of drug-likeness (QED) is 0.219. The Labute approximate surface area is 205 Å². The first-order valence-corrected chi connectivity index (χ1v) is 11.5. The maximum atomic E-state index is 13.1. The topological polar surface area (TPSA) is 64.0 Å². The molecule has 0 aliphatic carbocycles. The summed E-state index contributed by atoms with van der Waals surface area (Å²) in [5, 5.41) is 6.87. The number of hydrogen-bond donors (Lipinski definition) is 0. The minimum absolute atomic E-state index is 0.286. The smallest absolute Gasteiger partial charge is 0.287 e. The Morgan fingerprint density at radius 3 is 2.64 bits per heavy atom. The number of rotatable bonds is 7. The second kappa shape index (κ2) is 10.2. The van der Waals surface area contributed by atoms with Gasteiger partial charge in [-0.05, 0) is 48.9 Å². The molecule has 0 saturated carbocycles. The fourth-order valence-corrected chi connectivity index (χ4v) is 4.33. The molecule has 0 N–H and O–H groups in total. The molecule has 0 spiro atoms. The van der Waals surface area contributed by atoms with Crippen LogP contribution in [0.25, 0.3) is 10.2 Å². The molecule has 0 aliphatic rings. The Balaban J connectivity index is 1.62. The van der Waals surface area contributed by atoms with Gasteiger partial charge in [0.15, 0.2) is 6.61 Å². The Bertz CT molecular complexity index is 1320. The van der Waals surface area contributed by atoms with E-state index in [0.717, 1.165) is 21.3 Å². The van der Waals surface area contributed by atoms with Crippen molar-refractivity contribution in [3.63, 3.8) is 0 Å². The van der Waals surface area contributed by atoms with Gasteiger partial charge >= 0.3 is 0 Å². The summed E-state index contributed by atoms with van der Waals surface area (Å²) in [6.45, 7) is 1.72. The van der Waals surface area contributed by atoms with Crippen molar-refractivity contribution in [1.29, 1.82) is 0 Å². The number of thiazole rings is 1. The highest BCUT2D eigenvalue weighted by Crippen LogP contribution is 2.32. The van der Waals surface area contributed by atoms with Crippen LogP contribution in [-0.2, 0) is 4.79 Å². The van der Waals surface area contributed by atoms with Crippen LogP contribution in [-0.4, -0.2) is 30.8 Å². The van der Waals surface area contributed by atoms with Crippen molar-refractivity contribution in [2.45, 2.75) is 6.92 Å². The molecule has 0 saturated heterocycles. The van der Waals surface area contributed by atoms with E-state index in [0.29, 0.717) is 26.7 Å². The van der Waals surface area contributed by atoms with Crippen molar-refractivity contribution < 1.29 is 14.3 Å². The summed E-state index contributed by atoms with van der Waals surface area (Å²) in [6, 6.07) is 18.1. The molecule has 1 heterocycles. The van der Waals surface area contributed by atoms with E-state index in [2.05, 4.69) is 10.1 Å². The summed E-state index contributed by atoms with van der Waals surface area (Å²) in [5.74, 6) is 0.653. The van der Waals surface area contributed by atoms with Crippen LogP contribution in [0.4, 0.5) is 5.13 Å². The third-order valence-corrected chi connectivity index (χ3v) is 6.17. The summed E-state index contributed by atoms with van der Waals surface area (Å²) < 4.78 is 11.8. The highest BCUT2D eigenvalue weighted by atomic mass is 35.5. The number of methoxy groups -OCH3 is 1. The van der Waals surface area contributed by atoms with Crippen molar-refractivity contribution in [3.8, 4) is 11.5 Å². The summed E-state index contributed by atoms with van der Waals surface area (Å²) in [4.78, 5) is 17.7. The zero-order chi connectivity index (χ0) is 23.4. The largest absolute Gasteiger partial charge is 0.497 e. The predicted octanol–water partition coefficient (Wildman–Crippen LogP) is 6.37. The molecule has 1 aromatic heterocycles. The predicted molar refractivity (Wildman–Crippen MR) is 134 cm³/mol. The first kappa shape index (κ1) is 23.0. The average molecular weight is 500 g/mol. The van der Waals surface area contributed by atoms with Gasteiger partial charge in [0.1, 0.15) is 11.5 Å². The zero-order valence-corrected chi connectivity index (χ0v) is 20.1. The molecule has 33 heavy (non-hydrogen) atoms. The van der Waals surface area contributed by atoms with Gasteiger partial charge in [-0.3, -0.25) is 4.79 Å². The van der Waals surface area contributed by atoms with Gasteiger partial charge in [-0.1, -0.05) is 64.4 Å². The first-order chi connectivity index (χ1) is 15.9. The van der Waals surface area contributed by atoms with Gasteiger partial charge < -0.3 is 9.47 Å². The maximum Gasteiger partial charge on any atom is 0.287 e. The SMILES string of the molecule is COc1ccc2nc(N(/N=C/c3ccc(C)cc3)C(=O)COc3ccc(Cl)cc3Cl)sc2c1. The molecule has 168 valence electrons. The van der Waals surface area contributed by atoms with E-state index >= 15 is 0 Å². The van der Waals surface area contributed by atoms with Crippen LogP contribution in [0.5, 0.6) is 11.5 Å². The summed E-state index contributed by atoms with van der Waals surface area (Å²) in [7, 11) is 1.60. The molecule has 0 bridgehead atoms. The van der Waals surface area contributed by atoms with Crippen LogP contribution in [0.3, 0.4) is 0 Å². The lowest BCUT2D eigenvalue weighted by Crippen LogP contribution is -2.30. The average Bonchev–Trinajstić information content (AvgIpc) is 3.22. The summed E-state index contributed by atoms with van der Waals surface area (Å²) >= 11 is 13.4. The Morgan fingerprint density at radius 2 is 1.91 bits per heavy atom. The standard InChI is InChI=1S/C24H19Cl2N3O3S/c1-15-3-5-16(6-4-15)13-27-29(23(30)14-32-21-10-7-17(25)11-19(21)26)24-28-20-9-8-18(31-2)12-22(20)33-24/h3-13H,14H2,1-2H3/b27-13+. The summed E-state index contributed by atoms with van der Waals surface area (Å²) in [5.41, 5.74) is 2.72. The molecule has 9 heteroatoms. The third kappa shape index (κ3) is 5.63. The van der Waals surface area contributed by atoms with Gasteiger partial charge in [0.25, 0.3) is 5.91 Å². The van der Waals surface area contributed by atoms with Crippen LogP contribution >= 0.6 is 34.5 Å². The van der Waals surface area contributed by atoms with Crippen LogP contribution in [0.2, 0.25) is 10.0 Å². The highest BCUT2D eigenvalue weighted by Gasteiger charge is 2.21. The van der Waals surface area contributed by atoms with Gasteiger partial charge in [0, 0.05) is 5.02 Å². The molecular weight excluding hydrogens is 481 g/mol. The van der Waals surface area contributed by atoms with Crippen molar-refractivity contribution in [2.75, 3.05) is 18.7 Å². The summed E-state index contributed by atoms with van der Waals surface area (Å²) in [6.07, 6.45) is 1.61. The Hall–Kier alpha value is -3.13. The number of ether oxygens (including phenoxy) is 2. The van der Waals surface area contributed by atoms with E-state index in [9.17, 15) is 4.79 Å². The normalized spacial score (nSPS) is 11.2. The number of nitrogens with zero attached hydrogens (tertiary/aromatic N) is 3. The molecule has 0 aliphatic heterocycles. The number of amides is 1. The van der Waals surface area contributed by atoms with Crippen LogP contribution in [0.15, 0.2) is 65.8 Å². The lowest BCUT2D eigenvalue weighted by atomic mass is 10.2. The van der Waals surface area contributed by atoms with Crippen molar-refractivity contribution in [3.05, 3.63) is 81.8 Å². The Kier molecular flexibility index (Phi) is 7.13. The van der Waals surface area contributed by atoms with E-state index in [1.54, 1.807) is 31.5 Å². The molecule has 0 radical (unpaired) electrons. The van der Waals surface area contributed by atoms with E-state index in [4.69, 9.17) is 32.7 Å². The van der Waals surface area contributed by atoms with Crippen LogP contribution in [0.1, 0.15) is 11.1 Å². The number of anilines is 1. The van der Waals surface area contributed by atoms with Gasteiger partial charge in [-0.15, -0.1) is 0 Å². The number of aromatic nitrogens is 1. The van der Waals surface area contributed by atoms with E-state index in [-0.39, 0.29) is 6.61 Å². The molecular formula is C24H19Cl2N3O3S. The molecule has 0 atom stereocenters. The van der Waals surface area contributed by atoms with E-state index < -0.39 is 5.91 Å². The van der Waals surface area contributed by atoms with Crippen molar-refractivity contribution in [2.24, 2.45) is 5.10 Å². The third-order valence-electron chi connectivity index (χ3n) is 4.65. The molecule has 1 amide bonds. The molecule has 4 aromatic rings. The number of hydrazone groups is 1. The molecule has 6 nitrogen and oxygen atoms in total. The maximum absolute atomic E-state index is 13.1. The van der Waals surface area contributed by atoms with Gasteiger partial charge in [0.05, 0.1) is 28.6 Å². The van der Waals surface area contributed by atoms with Crippen LogP contribution in [0, 0.1) is 6.92 Å². The van der Waals surface area contributed by atoms with E-state index in [1.165, 1.54) is 16.3 Å². The number of benzene rings is 3. The second-order valence-electron chi connectivity index (χ2n) is 7.05. The van der Waals surface area contributed by atoms with Gasteiger partial charge in [0.2, 0.25) is 5.13 Å². The van der Waals surface area contributed by atoms with Crippen molar-refractivity contribution in [1.82, 2.24) is 4.98 Å². The van der Waals surface area contributed by atoms with Gasteiger partial charge in [-0.25, -0.2) is 4.98 Å². The number of aryl methyl sites for hydroxylation is 1. The number of hydrogen-bond acceptors (Lipinski definition) is 6. The van der Waals surface area contributed by atoms with Crippen LogP contribution < -0.4 is 14.5 Å². The lowest BCUT2D eigenvalue weighted by Gasteiger charge is -2.15. The minimum atomic E-state index is -0.407. The first-order valence-electron chi connectivity index (χ1n) is 9.89. The fraction of sp³-hybridized carbons (Fsp3) is 0.125. The number of carbonyl (C=O) groups is 1. The number of fused-ring (bicyclic) bond motifs is 1. The van der Waals surface area contributed by atoms with E-state index in [1.807, 2.05) is 49.4 Å². The highest BCUT2D eigenvalue weighted by molar-refractivity contribution is 7.22. The van der Waals surface area contributed by atoms with Gasteiger partial charge in [-0.2, -0.15) is 10.1 Å². The molecule has 0 fully saturated rings. The monoisotopic (exact) mass is 499 g/mol. The zero-order valence-electron chi connectivity index (χ0n) is 17.8. The minimum Gasteiger partial charge on any atom is -0.497 e. The molecule has 0 unspecified atom stereocenters. The number of halogens is 2. The lowest BCUT2D eigenvalue weighted by molar-refractivity contribution is -0.120. The van der Waals surface area contributed by atoms with Crippen molar-refractivity contribution >= 4 is 62.0 Å². The Morgan fingerprint density at radius 1 is 1.12 bits per heavy atom. The molecule has 3 aromatic carbocycles. The second-order valence-corrected chi connectivity index (χ2v) is 8.91.